The fraction of sp³-hybridized carbons (Fsp3) is 0.222. The molecule has 0 saturated heterocycles. The predicted octanol–water partition coefficient (Wildman–Crippen LogP) is 1.59. The van der Waals surface area contributed by atoms with Gasteiger partial charge in [0.1, 0.15) is 6.10 Å². The molecule has 5 nitrogen and oxygen atoms in total. The zero-order valence-corrected chi connectivity index (χ0v) is 8.42. The second kappa shape index (κ2) is 7.05. The van der Waals surface area contributed by atoms with Crippen LogP contribution in [0, 0.1) is 0 Å². The summed E-state index contributed by atoms with van der Waals surface area (Å²) in [6, 6.07) is 6.79. The highest BCUT2D eigenvalue weighted by molar-refractivity contribution is 6.30. The summed E-state index contributed by atoms with van der Waals surface area (Å²) >= 11 is 5.65. The average Bonchev–Trinajstić information content (AvgIpc) is 2.16. The van der Waals surface area contributed by atoms with Crippen molar-refractivity contribution in [3.05, 3.63) is 34.9 Å². The van der Waals surface area contributed by atoms with E-state index in [0.29, 0.717) is 10.6 Å². The van der Waals surface area contributed by atoms with Gasteiger partial charge in [-0.2, -0.15) is 0 Å². The predicted molar refractivity (Wildman–Crippen MR) is 54.2 cm³/mol. The molecule has 0 fully saturated rings. The molecule has 0 aromatic heterocycles. The summed E-state index contributed by atoms with van der Waals surface area (Å²) in [4.78, 5) is 8.56. The molecule has 0 heterocycles. The first-order valence-electron chi connectivity index (χ1n) is 3.93. The smallest absolute Gasteiger partial charge is 0.450 e. The molecule has 1 rings (SSSR count). The Balaban J connectivity index is 0.000000423. The third-order valence-corrected chi connectivity index (χ3v) is 1.64. The van der Waals surface area contributed by atoms with Crippen molar-refractivity contribution in [2.75, 3.05) is 6.61 Å². The van der Waals surface area contributed by atoms with E-state index in [9.17, 15) is 0 Å². The molecule has 1 aromatic carbocycles. The van der Waals surface area contributed by atoms with Crippen LogP contribution in [-0.4, -0.2) is 33.2 Å². The van der Waals surface area contributed by atoms with Gasteiger partial charge in [0.2, 0.25) is 0 Å². The second-order valence-electron chi connectivity index (χ2n) is 2.54. The van der Waals surface area contributed by atoms with Crippen molar-refractivity contribution in [2.45, 2.75) is 6.10 Å². The van der Waals surface area contributed by atoms with Crippen LogP contribution >= 0.6 is 11.6 Å². The van der Waals surface area contributed by atoms with E-state index in [1.54, 1.807) is 24.3 Å². The number of rotatable bonds is 2. The van der Waals surface area contributed by atoms with Crippen molar-refractivity contribution < 1.29 is 25.2 Å². The normalized spacial score (nSPS) is 11.1. The Morgan fingerprint density at radius 2 is 1.93 bits per heavy atom. The van der Waals surface area contributed by atoms with E-state index >= 15 is 0 Å². The van der Waals surface area contributed by atoms with Gasteiger partial charge in [-0.3, -0.25) is 0 Å². The molecule has 0 saturated carbocycles. The SMILES string of the molecule is O=C(O)O.OCC(O)c1cccc(Cl)c1. The number of carbonyl (C=O) groups is 1. The third-order valence-electron chi connectivity index (χ3n) is 1.41. The Labute approximate surface area is 91.2 Å². The van der Waals surface area contributed by atoms with E-state index in [1.165, 1.54) is 0 Å². The zero-order valence-electron chi connectivity index (χ0n) is 7.67. The van der Waals surface area contributed by atoms with Gasteiger partial charge in [0.25, 0.3) is 0 Å². The summed E-state index contributed by atoms with van der Waals surface area (Å²) in [5.41, 5.74) is 0.639. The summed E-state index contributed by atoms with van der Waals surface area (Å²) in [6.45, 7) is -0.277. The molecule has 1 aromatic rings. The van der Waals surface area contributed by atoms with Gasteiger partial charge in [0.05, 0.1) is 6.61 Å². The maximum Gasteiger partial charge on any atom is 0.503 e. The number of benzene rings is 1. The van der Waals surface area contributed by atoms with Crippen LogP contribution < -0.4 is 0 Å². The quantitative estimate of drug-likeness (QED) is 0.623. The minimum Gasteiger partial charge on any atom is -0.450 e. The zero-order chi connectivity index (χ0) is 11.8. The number of hydrogen-bond acceptors (Lipinski definition) is 3. The summed E-state index contributed by atoms with van der Waals surface area (Å²) in [5, 5.41) is 32.2. The molecular formula is C9H11ClO5. The number of aliphatic hydroxyl groups excluding tert-OH is 2. The first-order valence-corrected chi connectivity index (χ1v) is 4.31. The summed E-state index contributed by atoms with van der Waals surface area (Å²) < 4.78 is 0. The minimum atomic E-state index is -1.83. The van der Waals surface area contributed by atoms with E-state index in [0.717, 1.165) is 0 Å². The molecule has 0 aliphatic carbocycles. The molecule has 0 aliphatic heterocycles. The van der Waals surface area contributed by atoms with Gasteiger partial charge in [-0.1, -0.05) is 23.7 Å². The average molecular weight is 235 g/mol. The molecule has 84 valence electrons. The van der Waals surface area contributed by atoms with Crippen LogP contribution in [0.4, 0.5) is 4.79 Å². The van der Waals surface area contributed by atoms with Gasteiger partial charge in [-0.05, 0) is 17.7 Å². The Hall–Kier alpha value is -1.30. The van der Waals surface area contributed by atoms with Gasteiger partial charge >= 0.3 is 6.16 Å². The van der Waals surface area contributed by atoms with E-state index in [4.69, 9.17) is 36.8 Å². The monoisotopic (exact) mass is 234 g/mol. The Bertz CT molecular complexity index is 311. The van der Waals surface area contributed by atoms with Crippen molar-refractivity contribution in [2.24, 2.45) is 0 Å². The highest BCUT2D eigenvalue weighted by Crippen LogP contribution is 2.16. The number of aliphatic hydroxyl groups is 2. The standard InChI is InChI=1S/C8H9ClO2.CH2O3/c9-7-3-1-2-6(4-7)8(11)5-10;2-1(3)4/h1-4,8,10-11H,5H2;(H2,2,3,4). The van der Waals surface area contributed by atoms with Gasteiger partial charge in [-0.25, -0.2) is 4.79 Å². The molecule has 0 aliphatic rings. The van der Waals surface area contributed by atoms with Crippen molar-refractivity contribution in [3.63, 3.8) is 0 Å². The van der Waals surface area contributed by atoms with E-state index in [1.807, 2.05) is 0 Å². The van der Waals surface area contributed by atoms with E-state index in [-0.39, 0.29) is 6.61 Å². The lowest BCUT2D eigenvalue weighted by molar-refractivity contribution is 0.0956. The second-order valence-corrected chi connectivity index (χ2v) is 2.97. The lowest BCUT2D eigenvalue weighted by Crippen LogP contribution is -2.01. The summed E-state index contributed by atoms with van der Waals surface area (Å²) in [5.74, 6) is 0. The first kappa shape index (κ1) is 13.7. The van der Waals surface area contributed by atoms with Crippen LogP contribution in [0.3, 0.4) is 0 Å². The molecule has 4 N–H and O–H groups in total. The molecule has 15 heavy (non-hydrogen) atoms. The lowest BCUT2D eigenvalue weighted by Gasteiger charge is -2.06. The maximum absolute atomic E-state index is 9.15. The van der Waals surface area contributed by atoms with Crippen LogP contribution in [0.1, 0.15) is 11.7 Å². The first-order chi connectivity index (χ1) is 6.97. The van der Waals surface area contributed by atoms with Gasteiger partial charge in [0.15, 0.2) is 0 Å². The topological polar surface area (TPSA) is 98.0 Å². The number of carboxylic acid groups (broad SMARTS) is 2. The fourth-order valence-electron chi connectivity index (χ4n) is 0.819. The number of hydrogen-bond donors (Lipinski definition) is 4. The summed E-state index contributed by atoms with van der Waals surface area (Å²) in [6.07, 6.45) is -2.66. The van der Waals surface area contributed by atoms with Gasteiger partial charge in [0, 0.05) is 5.02 Å². The fourth-order valence-corrected chi connectivity index (χ4v) is 1.02. The molecule has 1 atom stereocenters. The molecular weight excluding hydrogens is 224 g/mol. The Morgan fingerprint density at radius 1 is 1.40 bits per heavy atom. The van der Waals surface area contributed by atoms with Crippen molar-refractivity contribution in [1.82, 2.24) is 0 Å². The Morgan fingerprint density at radius 3 is 2.33 bits per heavy atom. The Kier molecular flexibility index (Phi) is 6.44. The molecule has 0 spiro atoms. The van der Waals surface area contributed by atoms with Crippen LogP contribution in [0.25, 0.3) is 0 Å². The van der Waals surface area contributed by atoms with E-state index in [2.05, 4.69) is 0 Å². The molecule has 6 heteroatoms. The highest BCUT2D eigenvalue weighted by Gasteiger charge is 2.04. The van der Waals surface area contributed by atoms with Crippen LogP contribution in [-0.2, 0) is 0 Å². The third kappa shape index (κ3) is 6.73. The van der Waals surface area contributed by atoms with Crippen molar-refractivity contribution >= 4 is 17.8 Å². The number of halogens is 1. The maximum atomic E-state index is 9.15. The largest absolute Gasteiger partial charge is 0.503 e. The lowest BCUT2D eigenvalue weighted by atomic mass is 10.1. The van der Waals surface area contributed by atoms with Crippen LogP contribution in [0.2, 0.25) is 5.02 Å². The minimum absolute atomic E-state index is 0.277. The van der Waals surface area contributed by atoms with Gasteiger partial charge in [-0.15, -0.1) is 0 Å². The highest BCUT2D eigenvalue weighted by atomic mass is 35.5. The van der Waals surface area contributed by atoms with E-state index < -0.39 is 12.3 Å². The summed E-state index contributed by atoms with van der Waals surface area (Å²) in [7, 11) is 0. The van der Waals surface area contributed by atoms with Crippen molar-refractivity contribution in [1.29, 1.82) is 0 Å². The van der Waals surface area contributed by atoms with Gasteiger partial charge < -0.3 is 20.4 Å². The van der Waals surface area contributed by atoms with Crippen molar-refractivity contribution in [3.8, 4) is 0 Å². The molecule has 0 radical (unpaired) electrons. The molecule has 1 unspecified atom stereocenters. The molecule has 0 amide bonds. The van der Waals surface area contributed by atoms with Crippen LogP contribution in [0.5, 0.6) is 0 Å². The van der Waals surface area contributed by atoms with Crippen LogP contribution in [0.15, 0.2) is 24.3 Å². The molecule has 0 bridgehead atoms.